The van der Waals surface area contributed by atoms with Gasteiger partial charge in [-0.3, -0.25) is 9.78 Å². The summed E-state index contributed by atoms with van der Waals surface area (Å²) in [7, 11) is 0. The molecule has 2 aliphatic rings. The van der Waals surface area contributed by atoms with Gasteiger partial charge in [0.05, 0.1) is 0 Å². The number of nitrogens with zero attached hydrogens (tertiary/aromatic N) is 2. The van der Waals surface area contributed by atoms with Gasteiger partial charge in [-0.25, -0.2) is 0 Å². The number of amides is 1. The molecule has 1 atom stereocenters. The van der Waals surface area contributed by atoms with E-state index in [0.29, 0.717) is 6.42 Å². The lowest BCUT2D eigenvalue weighted by molar-refractivity contribution is -0.124. The number of nitrogens with one attached hydrogen (secondary N) is 1. The number of pyridine rings is 1. The second-order valence-corrected chi connectivity index (χ2v) is 6.98. The molecule has 122 valence electrons. The van der Waals surface area contributed by atoms with Crippen LogP contribution < -0.4 is 10.2 Å². The molecule has 1 fully saturated rings. The molecular formula is C20H21N3O. The Morgan fingerprint density at radius 2 is 2.04 bits per heavy atom. The van der Waals surface area contributed by atoms with E-state index in [2.05, 4.69) is 65.5 Å². The Bertz CT molecular complexity index is 813. The summed E-state index contributed by atoms with van der Waals surface area (Å²) in [5.41, 5.74) is 2.71. The molecule has 1 aromatic carbocycles. The number of hydrogen-bond donors (Lipinski definition) is 1. The molecule has 1 unspecified atom stereocenters. The van der Waals surface area contributed by atoms with E-state index in [1.807, 2.05) is 18.3 Å². The summed E-state index contributed by atoms with van der Waals surface area (Å²) in [6.45, 7) is 5.12. The second kappa shape index (κ2) is 5.20. The molecule has 0 radical (unpaired) electrons. The van der Waals surface area contributed by atoms with Gasteiger partial charge >= 0.3 is 0 Å². The van der Waals surface area contributed by atoms with Crippen molar-refractivity contribution in [3.05, 3.63) is 66.0 Å². The molecule has 1 saturated heterocycles. The lowest BCUT2D eigenvalue weighted by atomic mass is 9.74. The molecule has 0 spiro atoms. The van der Waals surface area contributed by atoms with Gasteiger partial charge in [0.1, 0.15) is 5.66 Å². The van der Waals surface area contributed by atoms with Crippen molar-refractivity contribution in [3.8, 4) is 0 Å². The first-order valence-corrected chi connectivity index (χ1v) is 8.32. The Morgan fingerprint density at radius 1 is 1.21 bits per heavy atom. The molecule has 1 aromatic heterocycles. The first-order valence-electron chi connectivity index (χ1n) is 8.32. The maximum atomic E-state index is 12.3. The van der Waals surface area contributed by atoms with Crippen molar-refractivity contribution in [1.82, 2.24) is 10.3 Å². The fourth-order valence-corrected chi connectivity index (χ4v) is 4.01. The Morgan fingerprint density at radius 3 is 2.83 bits per heavy atom. The maximum Gasteiger partial charge on any atom is 0.223 e. The van der Waals surface area contributed by atoms with Crippen molar-refractivity contribution in [1.29, 1.82) is 0 Å². The summed E-state index contributed by atoms with van der Waals surface area (Å²) in [6.07, 6.45) is 8.30. The molecule has 24 heavy (non-hydrogen) atoms. The van der Waals surface area contributed by atoms with Gasteiger partial charge in [0.25, 0.3) is 0 Å². The van der Waals surface area contributed by atoms with Crippen LogP contribution in [-0.2, 0) is 10.2 Å². The molecule has 2 aromatic rings. The Hall–Kier alpha value is -2.62. The van der Waals surface area contributed by atoms with E-state index in [1.54, 1.807) is 6.20 Å². The normalized spacial score (nSPS) is 24.6. The first kappa shape index (κ1) is 14.9. The van der Waals surface area contributed by atoms with E-state index in [9.17, 15) is 4.79 Å². The van der Waals surface area contributed by atoms with E-state index in [1.165, 1.54) is 11.3 Å². The van der Waals surface area contributed by atoms with Gasteiger partial charge in [-0.15, -0.1) is 0 Å². The molecule has 4 rings (SSSR count). The zero-order valence-corrected chi connectivity index (χ0v) is 14.0. The Balaban J connectivity index is 1.86. The van der Waals surface area contributed by atoms with Crippen LogP contribution >= 0.6 is 0 Å². The number of carbonyl (C=O) groups is 1. The highest BCUT2D eigenvalue weighted by atomic mass is 16.2. The SMILES string of the molecule is CC1(C)c2ccccc2N2CCC(=O)NC21C=Cc1cccnc1. The number of benzene rings is 1. The fourth-order valence-electron chi connectivity index (χ4n) is 4.01. The van der Waals surface area contributed by atoms with Gasteiger partial charge in [0.2, 0.25) is 5.91 Å². The molecule has 2 aliphatic heterocycles. The Kier molecular flexibility index (Phi) is 3.23. The molecule has 1 amide bonds. The first-order chi connectivity index (χ1) is 11.5. The number of aromatic nitrogens is 1. The lowest BCUT2D eigenvalue weighted by Crippen LogP contribution is -2.68. The van der Waals surface area contributed by atoms with Crippen molar-refractivity contribution in [2.75, 3.05) is 11.4 Å². The van der Waals surface area contributed by atoms with E-state index in [-0.39, 0.29) is 11.3 Å². The topological polar surface area (TPSA) is 45.2 Å². The summed E-state index contributed by atoms with van der Waals surface area (Å²) in [6, 6.07) is 12.4. The largest absolute Gasteiger partial charge is 0.344 e. The standard InChI is InChI=1S/C20H21N3O/c1-19(2)16-7-3-4-8-17(16)23-13-10-18(24)22-20(19,23)11-9-15-6-5-12-21-14-15/h3-9,11-12,14H,10,13H2,1-2H3,(H,22,24). The third-order valence-corrected chi connectivity index (χ3v) is 5.34. The van der Waals surface area contributed by atoms with Gasteiger partial charge in [-0.05, 0) is 29.3 Å². The highest BCUT2D eigenvalue weighted by Gasteiger charge is 2.57. The van der Waals surface area contributed by atoms with Crippen LogP contribution in [0.15, 0.2) is 54.9 Å². The van der Waals surface area contributed by atoms with Crippen LogP contribution in [0.4, 0.5) is 5.69 Å². The van der Waals surface area contributed by atoms with Crippen molar-refractivity contribution in [2.24, 2.45) is 0 Å². The molecular weight excluding hydrogens is 298 g/mol. The summed E-state index contributed by atoms with van der Waals surface area (Å²) >= 11 is 0. The van der Waals surface area contributed by atoms with Gasteiger partial charge in [0.15, 0.2) is 0 Å². The highest BCUT2D eigenvalue weighted by molar-refractivity contribution is 5.84. The van der Waals surface area contributed by atoms with Crippen molar-refractivity contribution < 1.29 is 4.79 Å². The number of carbonyl (C=O) groups excluding carboxylic acids is 1. The number of anilines is 1. The van der Waals surface area contributed by atoms with Gasteiger partial charge in [-0.1, -0.05) is 44.2 Å². The summed E-state index contributed by atoms with van der Waals surface area (Å²) in [5.74, 6) is 0.1000. The zero-order chi connectivity index (χ0) is 16.8. The molecule has 0 aliphatic carbocycles. The van der Waals surface area contributed by atoms with Crippen molar-refractivity contribution in [3.63, 3.8) is 0 Å². The zero-order valence-electron chi connectivity index (χ0n) is 14.0. The summed E-state index contributed by atoms with van der Waals surface area (Å²) in [4.78, 5) is 18.8. The minimum Gasteiger partial charge on any atom is -0.344 e. The quantitative estimate of drug-likeness (QED) is 0.925. The summed E-state index contributed by atoms with van der Waals surface area (Å²) in [5, 5.41) is 3.28. The van der Waals surface area contributed by atoms with Crippen LogP contribution in [0.3, 0.4) is 0 Å². The molecule has 0 saturated carbocycles. The van der Waals surface area contributed by atoms with Crippen LogP contribution in [0.5, 0.6) is 0 Å². The minimum absolute atomic E-state index is 0.1000. The fraction of sp³-hybridized carbons (Fsp3) is 0.300. The number of fused-ring (bicyclic) bond motifs is 3. The van der Waals surface area contributed by atoms with Crippen LogP contribution in [-0.4, -0.2) is 23.1 Å². The van der Waals surface area contributed by atoms with Crippen molar-refractivity contribution in [2.45, 2.75) is 31.3 Å². The maximum absolute atomic E-state index is 12.3. The van der Waals surface area contributed by atoms with Crippen LogP contribution in [0.25, 0.3) is 6.08 Å². The van der Waals surface area contributed by atoms with Gasteiger partial charge in [0, 0.05) is 36.5 Å². The molecule has 3 heterocycles. The molecule has 0 bridgehead atoms. The average Bonchev–Trinajstić information content (AvgIpc) is 2.79. The Labute approximate surface area is 142 Å². The monoisotopic (exact) mass is 319 g/mol. The van der Waals surface area contributed by atoms with Crippen LogP contribution in [0, 0.1) is 0 Å². The van der Waals surface area contributed by atoms with E-state index >= 15 is 0 Å². The molecule has 4 nitrogen and oxygen atoms in total. The minimum atomic E-state index is -0.554. The third kappa shape index (κ3) is 1.99. The number of para-hydroxylation sites is 1. The molecule has 4 heteroatoms. The van der Waals surface area contributed by atoms with Gasteiger partial charge in [-0.2, -0.15) is 0 Å². The molecule has 1 N–H and O–H groups in total. The van der Waals surface area contributed by atoms with E-state index in [4.69, 9.17) is 0 Å². The lowest BCUT2D eigenvalue weighted by Gasteiger charge is -2.49. The smallest absolute Gasteiger partial charge is 0.223 e. The predicted molar refractivity (Wildman–Crippen MR) is 95.6 cm³/mol. The van der Waals surface area contributed by atoms with Crippen LogP contribution in [0.2, 0.25) is 0 Å². The summed E-state index contributed by atoms with van der Waals surface area (Å²) < 4.78 is 0. The second-order valence-electron chi connectivity index (χ2n) is 6.98. The van der Waals surface area contributed by atoms with Gasteiger partial charge < -0.3 is 10.2 Å². The number of rotatable bonds is 2. The van der Waals surface area contributed by atoms with E-state index < -0.39 is 5.66 Å². The van der Waals surface area contributed by atoms with Crippen LogP contribution in [0.1, 0.15) is 31.4 Å². The van der Waals surface area contributed by atoms with E-state index in [0.717, 1.165) is 12.1 Å². The number of hydrogen-bond acceptors (Lipinski definition) is 3. The average molecular weight is 319 g/mol. The predicted octanol–water partition coefficient (Wildman–Crippen LogP) is 3.11. The highest BCUT2D eigenvalue weighted by Crippen LogP contribution is 2.52. The van der Waals surface area contributed by atoms with Crippen molar-refractivity contribution >= 4 is 17.7 Å². The third-order valence-electron chi connectivity index (χ3n) is 5.34.